The number of fused-ring (bicyclic) bond motifs is 1. The van der Waals surface area contributed by atoms with Crippen molar-refractivity contribution in [3.63, 3.8) is 0 Å². The normalized spacial score (nSPS) is 14.9. The number of carbonyl (C=O) groups excluding carboxylic acids is 1. The van der Waals surface area contributed by atoms with E-state index in [4.69, 9.17) is 4.74 Å². The van der Waals surface area contributed by atoms with Crippen LogP contribution in [0.1, 0.15) is 35.6 Å². The Kier molecular flexibility index (Phi) is 5.89. The first-order valence-corrected chi connectivity index (χ1v) is 10.6. The van der Waals surface area contributed by atoms with Crippen LogP contribution in [-0.4, -0.2) is 35.7 Å². The number of amides is 1. The van der Waals surface area contributed by atoms with Gasteiger partial charge in [-0.05, 0) is 50.1 Å². The minimum atomic E-state index is -0.401. The Balaban J connectivity index is 1.35. The van der Waals surface area contributed by atoms with Crippen molar-refractivity contribution in [2.24, 2.45) is 0 Å². The van der Waals surface area contributed by atoms with E-state index >= 15 is 0 Å². The number of benzene rings is 1. The summed E-state index contributed by atoms with van der Waals surface area (Å²) in [5, 5.41) is 4.53. The molecular weight excluding hydrogens is 391 g/mol. The van der Waals surface area contributed by atoms with Gasteiger partial charge in [0.2, 0.25) is 0 Å². The fourth-order valence-corrected chi connectivity index (χ4v) is 4.53. The van der Waals surface area contributed by atoms with E-state index in [1.54, 1.807) is 23.6 Å². The second-order valence-electron chi connectivity index (χ2n) is 7.04. The summed E-state index contributed by atoms with van der Waals surface area (Å²) in [5.41, 5.74) is 0.808. The molecule has 1 aromatic carbocycles. The third-order valence-corrected chi connectivity index (χ3v) is 6.18. The molecule has 29 heavy (non-hydrogen) atoms. The zero-order chi connectivity index (χ0) is 20.2. The van der Waals surface area contributed by atoms with Crippen molar-refractivity contribution in [3.05, 3.63) is 52.2 Å². The maximum Gasteiger partial charge on any atom is 0.407 e. The zero-order valence-electron chi connectivity index (χ0n) is 16.2. The Labute approximate surface area is 172 Å². The zero-order valence-corrected chi connectivity index (χ0v) is 17.0. The van der Waals surface area contributed by atoms with Crippen LogP contribution in [0.15, 0.2) is 36.5 Å². The number of piperidine rings is 1. The van der Waals surface area contributed by atoms with Crippen LogP contribution in [-0.2, 0) is 11.3 Å². The number of hydrogen-bond acceptors (Lipinski definition) is 6. The molecule has 1 amide bonds. The number of thiazole rings is 1. The number of ether oxygens (including phenoxy) is 1. The topological polar surface area (TPSA) is 67.3 Å². The highest BCUT2D eigenvalue weighted by Gasteiger charge is 2.24. The number of carbonyl (C=O) groups is 1. The molecule has 2 aromatic heterocycles. The molecule has 0 spiro atoms. The first-order chi connectivity index (χ1) is 14.1. The Morgan fingerprint density at radius 1 is 1.31 bits per heavy atom. The first kappa shape index (κ1) is 19.6. The summed E-state index contributed by atoms with van der Waals surface area (Å²) in [5.74, 6) is 1.09. The summed E-state index contributed by atoms with van der Waals surface area (Å²) in [6.07, 6.45) is 3.39. The monoisotopic (exact) mass is 414 g/mol. The lowest BCUT2D eigenvalue weighted by molar-refractivity contribution is 0.141. The van der Waals surface area contributed by atoms with Crippen molar-refractivity contribution in [3.8, 4) is 0 Å². The van der Waals surface area contributed by atoms with E-state index < -0.39 is 6.09 Å². The van der Waals surface area contributed by atoms with Crippen molar-refractivity contribution in [1.29, 1.82) is 0 Å². The number of nitrogens with zero attached hydrogens (tertiary/aromatic N) is 3. The second-order valence-corrected chi connectivity index (χ2v) is 8.19. The molecule has 152 valence electrons. The molecule has 0 unspecified atom stereocenters. The molecule has 0 bridgehead atoms. The molecule has 3 aromatic rings. The van der Waals surface area contributed by atoms with Gasteiger partial charge in [-0.1, -0.05) is 0 Å². The molecule has 3 heterocycles. The highest BCUT2D eigenvalue weighted by molar-refractivity contribution is 7.11. The highest BCUT2D eigenvalue weighted by atomic mass is 32.1. The fourth-order valence-electron chi connectivity index (χ4n) is 3.53. The van der Waals surface area contributed by atoms with Crippen molar-refractivity contribution in [1.82, 2.24) is 15.3 Å². The van der Waals surface area contributed by atoms with E-state index in [9.17, 15) is 9.18 Å². The molecule has 6 nitrogen and oxygen atoms in total. The van der Waals surface area contributed by atoms with Crippen LogP contribution in [0, 0.1) is 5.82 Å². The van der Waals surface area contributed by atoms with E-state index in [2.05, 4.69) is 20.2 Å². The average molecular weight is 415 g/mol. The van der Waals surface area contributed by atoms with E-state index in [1.807, 2.05) is 19.1 Å². The Morgan fingerprint density at radius 3 is 2.93 bits per heavy atom. The average Bonchev–Trinajstić information content (AvgIpc) is 3.21. The van der Waals surface area contributed by atoms with Gasteiger partial charge >= 0.3 is 6.09 Å². The Bertz CT molecular complexity index is 1000. The molecule has 8 heteroatoms. The summed E-state index contributed by atoms with van der Waals surface area (Å²) in [6, 6.07) is 8.56. The van der Waals surface area contributed by atoms with Crippen LogP contribution in [0.25, 0.3) is 10.9 Å². The van der Waals surface area contributed by atoms with Crippen molar-refractivity contribution >= 4 is 34.2 Å². The third-order valence-electron chi connectivity index (χ3n) is 5.04. The third kappa shape index (κ3) is 4.64. The van der Waals surface area contributed by atoms with Gasteiger partial charge in [0, 0.05) is 37.1 Å². The Morgan fingerprint density at radius 2 is 2.14 bits per heavy atom. The molecule has 0 atom stereocenters. The van der Waals surface area contributed by atoms with Crippen LogP contribution < -0.4 is 10.2 Å². The SMILES string of the molecule is CCNC(=O)OCc1cnc(C2CCN(c3ccc4cc(F)ccc4n3)CC2)s1. The molecule has 0 aliphatic carbocycles. The van der Waals surface area contributed by atoms with Gasteiger partial charge in [0.25, 0.3) is 0 Å². The van der Waals surface area contributed by atoms with Crippen LogP contribution in [0.4, 0.5) is 15.0 Å². The number of pyridine rings is 1. The summed E-state index contributed by atoms with van der Waals surface area (Å²) in [7, 11) is 0. The number of halogens is 1. The Hall–Kier alpha value is -2.74. The molecule has 1 fully saturated rings. The lowest BCUT2D eigenvalue weighted by atomic mass is 9.97. The van der Waals surface area contributed by atoms with Gasteiger partial charge < -0.3 is 15.0 Å². The largest absolute Gasteiger partial charge is 0.444 e. The highest BCUT2D eigenvalue weighted by Crippen LogP contribution is 2.33. The second kappa shape index (κ2) is 8.73. The van der Waals surface area contributed by atoms with Crippen molar-refractivity contribution in [2.75, 3.05) is 24.5 Å². The summed E-state index contributed by atoms with van der Waals surface area (Å²) in [4.78, 5) is 23.9. The van der Waals surface area contributed by atoms with Gasteiger partial charge in [-0.15, -0.1) is 11.3 Å². The van der Waals surface area contributed by atoms with Gasteiger partial charge in [-0.2, -0.15) is 0 Å². The molecule has 1 saturated heterocycles. The van der Waals surface area contributed by atoms with Crippen molar-refractivity contribution in [2.45, 2.75) is 32.3 Å². The minimum Gasteiger partial charge on any atom is -0.444 e. The van der Waals surface area contributed by atoms with Gasteiger partial charge in [0.15, 0.2) is 0 Å². The quantitative estimate of drug-likeness (QED) is 0.668. The van der Waals surface area contributed by atoms with Gasteiger partial charge in [0.1, 0.15) is 18.2 Å². The van der Waals surface area contributed by atoms with E-state index in [0.29, 0.717) is 12.5 Å². The van der Waals surface area contributed by atoms with E-state index in [0.717, 1.165) is 52.5 Å². The number of nitrogens with one attached hydrogen (secondary N) is 1. The maximum atomic E-state index is 13.3. The number of rotatable bonds is 5. The number of alkyl carbamates (subject to hydrolysis) is 1. The maximum absolute atomic E-state index is 13.3. The van der Waals surface area contributed by atoms with Crippen molar-refractivity contribution < 1.29 is 13.9 Å². The fraction of sp³-hybridized carbons (Fsp3) is 0.381. The summed E-state index contributed by atoms with van der Waals surface area (Å²) >= 11 is 1.61. The van der Waals surface area contributed by atoms with E-state index in [1.165, 1.54) is 12.1 Å². The van der Waals surface area contributed by atoms with Crippen LogP contribution >= 0.6 is 11.3 Å². The van der Waals surface area contributed by atoms with Crippen LogP contribution in [0.2, 0.25) is 0 Å². The molecule has 4 rings (SSSR count). The molecule has 1 aliphatic heterocycles. The predicted octanol–water partition coefficient (Wildman–Crippen LogP) is 4.46. The minimum absolute atomic E-state index is 0.243. The van der Waals surface area contributed by atoms with Gasteiger partial charge in [-0.25, -0.2) is 19.2 Å². The number of anilines is 1. The summed E-state index contributed by atoms with van der Waals surface area (Å²) < 4.78 is 18.5. The molecule has 0 radical (unpaired) electrons. The first-order valence-electron chi connectivity index (χ1n) is 9.79. The molecular formula is C21H23FN4O2S. The lowest BCUT2D eigenvalue weighted by Crippen LogP contribution is -2.33. The van der Waals surface area contributed by atoms with Crippen LogP contribution in [0.3, 0.4) is 0 Å². The molecule has 0 saturated carbocycles. The number of aromatic nitrogens is 2. The molecule has 1 aliphatic rings. The number of hydrogen-bond donors (Lipinski definition) is 1. The smallest absolute Gasteiger partial charge is 0.407 e. The van der Waals surface area contributed by atoms with E-state index in [-0.39, 0.29) is 12.4 Å². The van der Waals surface area contributed by atoms with Crippen LogP contribution in [0.5, 0.6) is 0 Å². The predicted molar refractivity (Wildman–Crippen MR) is 112 cm³/mol. The molecule has 1 N–H and O–H groups in total. The summed E-state index contributed by atoms with van der Waals surface area (Å²) in [6.45, 7) is 4.45. The lowest BCUT2D eigenvalue weighted by Gasteiger charge is -2.32. The van der Waals surface area contributed by atoms with Gasteiger partial charge in [-0.3, -0.25) is 0 Å². The van der Waals surface area contributed by atoms with Gasteiger partial charge in [0.05, 0.1) is 15.4 Å². The standard InChI is InChI=1S/C21H23FN4O2S/c1-2-23-21(27)28-13-17-12-24-20(29-17)14-7-9-26(10-8-14)19-6-3-15-11-16(22)4-5-18(15)25-19/h3-6,11-12,14H,2,7-10,13H2,1H3,(H,23,27).